The van der Waals surface area contributed by atoms with Gasteiger partial charge in [-0.2, -0.15) is 0 Å². The van der Waals surface area contributed by atoms with Crippen molar-refractivity contribution in [2.45, 2.75) is 24.3 Å². The number of imide groups is 1. The molecule has 0 saturated carbocycles. The van der Waals surface area contributed by atoms with Crippen LogP contribution in [0.4, 0.5) is 5.69 Å². The Labute approximate surface area is 144 Å². The number of nitrogens with one attached hydrogen (secondary N) is 1. The maximum atomic E-state index is 12.4. The van der Waals surface area contributed by atoms with Gasteiger partial charge >= 0.3 is 0 Å². The van der Waals surface area contributed by atoms with Crippen LogP contribution in [0.1, 0.15) is 13.8 Å². The minimum absolute atomic E-state index is 0.254. The first-order chi connectivity index (χ1) is 11.5. The van der Waals surface area contributed by atoms with E-state index >= 15 is 0 Å². The first kappa shape index (κ1) is 16.5. The smallest absolute Gasteiger partial charge is 0.244 e. The average Bonchev–Trinajstić information content (AvgIpc) is 2.57. The molecule has 0 radical (unpaired) electrons. The molecule has 2 aromatic carbocycles. The molecule has 1 N–H and O–H groups in total. The van der Waals surface area contributed by atoms with Gasteiger partial charge in [-0.05, 0) is 25.3 Å². The maximum Gasteiger partial charge on any atom is 0.244 e. The zero-order valence-corrected chi connectivity index (χ0v) is 14.3. The lowest BCUT2D eigenvalue weighted by Gasteiger charge is -2.31. The van der Waals surface area contributed by atoms with Crippen LogP contribution in [0.25, 0.3) is 10.8 Å². The summed E-state index contributed by atoms with van der Waals surface area (Å²) in [7, 11) is 0. The summed E-state index contributed by atoms with van der Waals surface area (Å²) < 4.78 is 0. The molecule has 2 aromatic rings. The second-order valence-corrected chi connectivity index (χ2v) is 7.44. The van der Waals surface area contributed by atoms with Gasteiger partial charge < -0.3 is 5.32 Å². The molecule has 0 aliphatic carbocycles. The summed E-state index contributed by atoms with van der Waals surface area (Å²) >= 11 is 1.32. The molecule has 0 unspecified atom stereocenters. The van der Waals surface area contributed by atoms with E-state index in [1.165, 1.54) is 11.8 Å². The SMILES string of the molecule is C[C@H]1S[C@H](C)C(=O)N(CC(=O)Nc2cccc3ccccc23)C1=O. The molecule has 3 rings (SSSR count). The minimum Gasteiger partial charge on any atom is -0.324 e. The number of fused-ring (bicyclic) bond motifs is 1. The van der Waals surface area contributed by atoms with Crippen molar-refractivity contribution in [3.8, 4) is 0 Å². The molecule has 3 amide bonds. The summed E-state index contributed by atoms with van der Waals surface area (Å²) in [6.45, 7) is 3.26. The van der Waals surface area contributed by atoms with E-state index in [4.69, 9.17) is 0 Å². The van der Waals surface area contributed by atoms with Crippen LogP contribution in [-0.4, -0.2) is 39.7 Å². The van der Waals surface area contributed by atoms with Gasteiger partial charge in [0.15, 0.2) is 0 Å². The molecule has 0 aromatic heterocycles. The van der Waals surface area contributed by atoms with E-state index in [2.05, 4.69) is 5.32 Å². The molecule has 24 heavy (non-hydrogen) atoms. The van der Waals surface area contributed by atoms with E-state index in [1.807, 2.05) is 36.4 Å². The number of carbonyl (C=O) groups is 3. The quantitative estimate of drug-likeness (QED) is 0.871. The minimum atomic E-state index is -0.376. The van der Waals surface area contributed by atoms with Crippen molar-refractivity contribution >= 4 is 45.9 Å². The van der Waals surface area contributed by atoms with E-state index in [1.54, 1.807) is 19.9 Å². The predicted octanol–water partition coefficient (Wildman–Crippen LogP) is 2.66. The highest BCUT2D eigenvalue weighted by atomic mass is 32.2. The zero-order chi connectivity index (χ0) is 17.3. The Morgan fingerprint density at radius 2 is 1.67 bits per heavy atom. The zero-order valence-electron chi connectivity index (χ0n) is 13.5. The summed E-state index contributed by atoms with van der Waals surface area (Å²) in [4.78, 5) is 37.8. The third kappa shape index (κ3) is 3.14. The van der Waals surface area contributed by atoms with Gasteiger partial charge in [0.05, 0.1) is 10.5 Å². The van der Waals surface area contributed by atoms with Gasteiger partial charge in [-0.3, -0.25) is 19.3 Å². The van der Waals surface area contributed by atoms with Crippen LogP contribution in [0, 0.1) is 0 Å². The number of anilines is 1. The second kappa shape index (κ2) is 6.65. The van der Waals surface area contributed by atoms with Crippen molar-refractivity contribution in [3.63, 3.8) is 0 Å². The van der Waals surface area contributed by atoms with Crippen LogP contribution in [0.15, 0.2) is 42.5 Å². The molecule has 5 nitrogen and oxygen atoms in total. The van der Waals surface area contributed by atoms with Gasteiger partial charge in [-0.25, -0.2) is 0 Å². The molecule has 6 heteroatoms. The number of hydrogen-bond donors (Lipinski definition) is 1. The number of amides is 3. The fraction of sp³-hybridized carbons (Fsp3) is 0.278. The number of rotatable bonds is 3. The van der Waals surface area contributed by atoms with E-state index in [0.29, 0.717) is 5.69 Å². The summed E-state index contributed by atoms with van der Waals surface area (Å²) in [5.74, 6) is -0.994. The Morgan fingerprint density at radius 3 is 2.38 bits per heavy atom. The molecule has 2 atom stereocenters. The van der Waals surface area contributed by atoms with Crippen molar-refractivity contribution in [1.82, 2.24) is 4.90 Å². The van der Waals surface area contributed by atoms with E-state index < -0.39 is 0 Å². The molecule has 1 aliphatic rings. The molecule has 124 valence electrons. The highest BCUT2D eigenvalue weighted by Crippen LogP contribution is 2.27. The summed E-state index contributed by atoms with van der Waals surface area (Å²) in [6.07, 6.45) is 0. The fourth-order valence-corrected chi connectivity index (χ4v) is 3.89. The predicted molar refractivity (Wildman–Crippen MR) is 95.8 cm³/mol. The lowest BCUT2D eigenvalue weighted by Crippen LogP contribution is -2.52. The van der Waals surface area contributed by atoms with Crippen molar-refractivity contribution in [2.75, 3.05) is 11.9 Å². The molecule has 0 bridgehead atoms. The lowest BCUT2D eigenvalue weighted by molar-refractivity contribution is -0.147. The van der Waals surface area contributed by atoms with Crippen LogP contribution >= 0.6 is 11.8 Å². The van der Waals surface area contributed by atoms with Crippen molar-refractivity contribution < 1.29 is 14.4 Å². The van der Waals surface area contributed by atoms with Crippen molar-refractivity contribution in [2.24, 2.45) is 0 Å². The Balaban J connectivity index is 1.77. The average molecular weight is 342 g/mol. The Kier molecular flexibility index (Phi) is 4.57. The number of nitrogens with zero attached hydrogens (tertiary/aromatic N) is 1. The summed E-state index contributed by atoms with van der Waals surface area (Å²) in [6, 6.07) is 13.3. The third-order valence-corrected chi connectivity index (χ3v) is 5.22. The van der Waals surface area contributed by atoms with Crippen LogP contribution in [0.2, 0.25) is 0 Å². The van der Waals surface area contributed by atoms with Crippen molar-refractivity contribution in [3.05, 3.63) is 42.5 Å². The third-order valence-electron chi connectivity index (χ3n) is 4.00. The number of thioether (sulfide) groups is 1. The lowest BCUT2D eigenvalue weighted by atomic mass is 10.1. The largest absolute Gasteiger partial charge is 0.324 e. The van der Waals surface area contributed by atoms with Gasteiger partial charge in [-0.1, -0.05) is 36.4 Å². The standard InChI is InChI=1S/C18H18N2O3S/c1-11-17(22)20(18(23)12(2)24-11)10-16(21)19-15-9-5-7-13-6-3-4-8-14(13)15/h3-9,11-12H,10H2,1-2H3,(H,19,21)/t11-,12-/m1/s1. The molecule has 1 aliphatic heterocycles. The highest BCUT2D eigenvalue weighted by Gasteiger charge is 2.38. The van der Waals surface area contributed by atoms with Crippen molar-refractivity contribution in [1.29, 1.82) is 0 Å². The molecule has 1 saturated heterocycles. The van der Waals surface area contributed by atoms with Gasteiger partial charge in [0.1, 0.15) is 6.54 Å². The molecule has 1 fully saturated rings. The van der Waals surface area contributed by atoms with E-state index in [-0.39, 0.29) is 34.8 Å². The van der Waals surface area contributed by atoms with Crippen LogP contribution < -0.4 is 5.32 Å². The summed E-state index contributed by atoms with van der Waals surface area (Å²) in [5, 5.41) is 4.11. The van der Waals surface area contributed by atoms with Crippen LogP contribution in [0.3, 0.4) is 0 Å². The normalized spacial score (nSPS) is 21.2. The van der Waals surface area contributed by atoms with Gasteiger partial charge in [0, 0.05) is 11.1 Å². The van der Waals surface area contributed by atoms with Crippen LogP contribution in [0.5, 0.6) is 0 Å². The summed E-state index contributed by atoms with van der Waals surface area (Å²) in [5.41, 5.74) is 0.672. The maximum absolute atomic E-state index is 12.4. The monoisotopic (exact) mass is 342 g/mol. The van der Waals surface area contributed by atoms with E-state index in [0.717, 1.165) is 15.7 Å². The van der Waals surface area contributed by atoms with Gasteiger partial charge in [0.2, 0.25) is 17.7 Å². The Hall–Kier alpha value is -2.34. The number of hydrogen-bond acceptors (Lipinski definition) is 4. The molecular weight excluding hydrogens is 324 g/mol. The first-order valence-corrected chi connectivity index (χ1v) is 8.70. The number of carbonyl (C=O) groups excluding carboxylic acids is 3. The Bertz CT molecular complexity index is 796. The number of benzene rings is 2. The highest BCUT2D eigenvalue weighted by molar-refractivity contribution is 8.02. The second-order valence-electron chi connectivity index (χ2n) is 5.76. The van der Waals surface area contributed by atoms with Gasteiger partial charge in [-0.15, -0.1) is 11.8 Å². The molecule has 0 spiro atoms. The molecule has 1 heterocycles. The van der Waals surface area contributed by atoms with Crippen LogP contribution in [-0.2, 0) is 14.4 Å². The topological polar surface area (TPSA) is 66.5 Å². The first-order valence-electron chi connectivity index (χ1n) is 7.75. The fourth-order valence-electron chi connectivity index (χ4n) is 2.79. The van der Waals surface area contributed by atoms with E-state index in [9.17, 15) is 14.4 Å². The molecular formula is C18H18N2O3S. The Morgan fingerprint density at radius 1 is 1.04 bits per heavy atom. The van der Waals surface area contributed by atoms with Gasteiger partial charge in [0.25, 0.3) is 0 Å².